The highest BCUT2D eigenvalue weighted by Gasteiger charge is 2.16. The minimum Gasteiger partial charge on any atom is -0.294 e. The Balaban J connectivity index is 2.91. The van der Waals surface area contributed by atoms with E-state index in [0.29, 0.717) is 0 Å². The van der Waals surface area contributed by atoms with Gasteiger partial charge in [-0.25, -0.2) is 8.42 Å². The van der Waals surface area contributed by atoms with Crippen molar-refractivity contribution in [2.75, 3.05) is 5.75 Å². The minimum atomic E-state index is -3.48. The van der Waals surface area contributed by atoms with E-state index in [1.165, 1.54) is 24.3 Å². The van der Waals surface area contributed by atoms with Crippen LogP contribution in [0.1, 0.15) is 6.92 Å². The summed E-state index contributed by atoms with van der Waals surface area (Å²) in [5, 5.41) is 0. The van der Waals surface area contributed by atoms with Gasteiger partial charge in [-0.2, -0.15) is 0 Å². The van der Waals surface area contributed by atoms with Crippen LogP contribution in [-0.2, 0) is 14.6 Å². The molecule has 0 saturated heterocycles. The van der Waals surface area contributed by atoms with Crippen LogP contribution in [0.5, 0.6) is 0 Å². The maximum Gasteiger partial charge on any atom is 0.185 e. The Morgan fingerprint density at radius 2 is 1.87 bits per heavy atom. The third-order valence-electron chi connectivity index (χ3n) is 1.79. The van der Waals surface area contributed by atoms with Crippen LogP contribution in [0.2, 0.25) is 0 Å². The lowest BCUT2D eigenvalue weighted by molar-refractivity contribution is -0.112. The van der Waals surface area contributed by atoms with Gasteiger partial charge in [-0.05, 0) is 25.1 Å². The van der Waals surface area contributed by atoms with Crippen LogP contribution in [0.3, 0.4) is 0 Å². The zero-order valence-corrected chi connectivity index (χ0v) is 9.20. The predicted octanol–water partition coefficient (Wildman–Crippen LogP) is 1.61. The summed E-state index contributed by atoms with van der Waals surface area (Å²) < 4.78 is 23.3. The van der Waals surface area contributed by atoms with E-state index in [1.54, 1.807) is 25.1 Å². The first kappa shape index (κ1) is 11.7. The van der Waals surface area contributed by atoms with Gasteiger partial charge in [0.05, 0.1) is 4.90 Å². The maximum atomic E-state index is 11.7. The number of hydrogen-bond donors (Lipinski definition) is 0. The molecule has 0 bridgehead atoms. The first-order chi connectivity index (χ1) is 7.06. The number of carbonyl (C=O) groups excluding carboxylic acids is 1. The summed E-state index contributed by atoms with van der Waals surface area (Å²) in [6.07, 6.45) is 2.79. The molecule has 0 atom stereocenters. The first-order valence-electron chi connectivity index (χ1n) is 4.49. The number of hydrogen-bond acceptors (Lipinski definition) is 3. The van der Waals surface area contributed by atoms with Gasteiger partial charge in [0.1, 0.15) is 5.75 Å². The van der Waals surface area contributed by atoms with Gasteiger partial charge in [0.2, 0.25) is 0 Å². The van der Waals surface area contributed by atoms with Gasteiger partial charge in [0.15, 0.2) is 15.6 Å². The lowest BCUT2D eigenvalue weighted by Gasteiger charge is -2.00. The van der Waals surface area contributed by atoms with E-state index in [2.05, 4.69) is 0 Å². The highest BCUT2D eigenvalue weighted by molar-refractivity contribution is 7.92. The van der Waals surface area contributed by atoms with E-state index < -0.39 is 21.4 Å². The summed E-state index contributed by atoms with van der Waals surface area (Å²) in [6.45, 7) is 1.67. The van der Waals surface area contributed by atoms with E-state index in [-0.39, 0.29) is 4.90 Å². The van der Waals surface area contributed by atoms with Crippen LogP contribution in [0.15, 0.2) is 47.4 Å². The van der Waals surface area contributed by atoms with E-state index in [4.69, 9.17) is 0 Å². The molecule has 3 nitrogen and oxygen atoms in total. The molecule has 0 aliphatic heterocycles. The molecule has 0 unspecified atom stereocenters. The molecule has 1 aromatic carbocycles. The van der Waals surface area contributed by atoms with Crippen molar-refractivity contribution < 1.29 is 13.2 Å². The summed E-state index contributed by atoms with van der Waals surface area (Å²) in [7, 11) is -3.48. The fraction of sp³-hybridized carbons (Fsp3) is 0.182. The van der Waals surface area contributed by atoms with Crippen molar-refractivity contribution in [3.05, 3.63) is 42.5 Å². The average Bonchev–Trinajstić information content (AvgIpc) is 2.18. The molecule has 4 heteroatoms. The van der Waals surface area contributed by atoms with Gasteiger partial charge in [-0.15, -0.1) is 0 Å². The summed E-state index contributed by atoms with van der Waals surface area (Å²) >= 11 is 0. The Hall–Kier alpha value is -1.42. The average molecular weight is 224 g/mol. The molecule has 80 valence electrons. The van der Waals surface area contributed by atoms with Crippen LogP contribution in [0.4, 0.5) is 0 Å². The number of allylic oxidation sites excluding steroid dienone is 2. The summed E-state index contributed by atoms with van der Waals surface area (Å²) in [6, 6.07) is 7.96. The second-order valence-corrected chi connectivity index (χ2v) is 5.03. The number of carbonyl (C=O) groups is 1. The van der Waals surface area contributed by atoms with Crippen molar-refractivity contribution in [1.29, 1.82) is 0 Å². The minimum absolute atomic E-state index is 0.183. The molecule has 0 heterocycles. The van der Waals surface area contributed by atoms with E-state index in [9.17, 15) is 13.2 Å². The maximum absolute atomic E-state index is 11.7. The monoisotopic (exact) mass is 224 g/mol. The molecule has 0 spiro atoms. The molecule has 0 radical (unpaired) electrons. The molecule has 0 amide bonds. The second kappa shape index (κ2) is 4.89. The van der Waals surface area contributed by atoms with Crippen molar-refractivity contribution in [3.63, 3.8) is 0 Å². The van der Waals surface area contributed by atoms with Gasteiger partial charge in [0.25, 0.3) is 0 Å². The number of ketones is 1. The zero-order valence-electron chi connectivity index (χ0n) is 8.38. The van der Waals surface area contributed by atoms with Gasteiger partial charge >= 0.3 is 0 Å². The molecule has 0 saturated carbocycles. The van der Waals surface area contributed by atoms with E-state index in [1.807, 2.05) is 0 Å². The fourth-order valence-electron chi connectivity index (χ4n) is 1.13. The molecule has 0 aliphatic rings. The quantitative estimate of drug-likeness (QED) is 0.730. The van der Waals surface area contributed by atoms with Crippen molar-refractivity contribution >= 4 is 15.6 Å². The Labute approximate surface area is 89.4 Å². The molecular formula is C11H12O3S. The fourth-order valence-corrected chi connectivity index (χ4v) is 2.34. The van der Waals surface area contributed by atoms with Crippen molar-refractivity contribution in [3.8, 4) is 0 Å². The molecule has 0 fully saturated rings. The van der Waals surface area contributed by atoms with Crippen LogP contribution in [0.25, 0.3) is 0 Å². The Morgan fingerprint density at radius 3 is 2.40 bits per heavy atom. The summed E-state index contributed by atoms with van der Waals surface area (Å²) in [4.78, 5) is 11.3. The molecular weight excluding hydrogens is 212 g/mol. The highest BCUT2D eigenvalue weighted by Crippen LogP contribution is 2.10. The lowest BCUT2D eigenvalue weighted by atomic mass is 10.4. The normalized spacial score (nSPS) is 11.8. The largest absolute Gasteiger partial charge is 0.294 e. The van der Waals surface area contributed by atoms with Crippen molar-refractivity contribution in [2.45, 2.75) is 11.8 Å². The van der Waals surface area contributed by atoms with Crippen LogP contribution in [-0.4, -0.2) is 20.0 Å². The van der Waals surface area contributed by atoms with Crippen molar-refractivity contribution in [1.82, 2.24) is 0 Å². The second-order valence-electron chi connectivity index (χ2n) is 3.04. The number of benzene rings is 1. The van der Waals surface area contributed by atoms with Crippen molar-refractivity contribution in [2.24, 2.45) is 0 Å². The van der Waals surface area contributed by atoms with Crippen LogP contribution < -0.4 is 0 Å². The van der Waals surface area contributed by atoms with Gasteiger partial charge in [0, 0.05) is 0 Å². The van der Waals surface area contributed by atoms with Gasteiger partial charge < -0.3 is 0 Å². The molecule has 15 heavy (non-hydrogen) atoms. The first-order valence-corrected chi connectivity index (χ1v) is 6.15. The number of sulfone groups is 1. The highest BCUT2D eigenvalue weighted by atomic mass is 32.2. The number of rotatable bonds is 4. The van der Waals surface area contributed by atoms with Crippen LogP contribution >= 0.6 is 0 Å². The van der Waals surface area contributed by atoms with E-state index >= 15 is 0 Å². The topological polar surface area (TPSA) is 51.2 Å². The summed E-state index contributed by atoms with van der Waals surface area (Å²) in [5.74, 6) is -0.872. The Kier molecular flexibility index (Phi) is 3.80. The standard InChI is InChI=1S/C11H12O3S/c1-2-6-10(12)9-15(13,14)11-7-4-3-5-8-11/h2-8H,9H2,1H3. The van der Waals surface area contributed by atoms with E-state index in [0.717, 1.165) is 0 Å². The third-order valence-corrected chi connectivity index (χ3v) is 3.44. The van der Waals surface area contributed by atoms with Crippen LogP contribution in [0, 0.1) is 0 Å². The molecule has 0 N–H and O–H groups in total. The van der Waals surface area contributed by atoms with Gasteiger partial charge in [-0.1, -0.05) is 24.3 Å². The SMILES string of the molecule is CC=CC(=O)CS(=O)(=O)c1ccccc1. The lowest BCUT2D eigenvalue weighted by Crippen LogP contribution is -2.14. The van der Waals surface area contributed by atoms with Gasteiger partial charge in [-0.3, -0.25) is 4.79 Å². The molecule has 0 aromatic heterocycles. The zero-order chi connectivity index (χ0) is 11.3. The Morgan fingerprint density at radius 1 is 1.27 bits per heavy atom. The third kappa shape index (κ3) is 3.32. The molecule has 1 rings (SSSR count). The predicted molar refractivity (Wildman–Crippen MR) is 58.3 cm³/mol. The smallest absolute Gasteiger partial charge is 0.185 e. The Bertz CT molecular complexity index is 458. The summed E-state index contributed by atoms with van der Waals surface area (Å²) in [5.41, 5.74) is 0. The molecule has 1 aromatic rings. The molecule has 0 aliphatic carbocycles.